The molecule has 1 nitrogen and oxygen atoms in total. The van der Waals surface area contributed by atoms with Gasteiger partial charge in [0.2, 0.25) is 0 Å². The highest BCUT2D eigenvalue weighted by Crippen LogP contribution is 2.23. The van der Waals surface area contributed by atoms with Crippen LogP contribution in [0.2, 0.25) is 0 Å². The Kier molecular flexibility index (Phi) is 11.7. The molecular formula is C18H38IN. The van der Waals surface area contributed by atoms with Gasteiger partial charge in [0, 0.05) is 0 Å². The summed E-state index contributed by atoms with van der Waals surface area (Å²) in [5.41, 5.74) is 0. The number of hydrogen-bond acceptors (Lipinski definition) is 0. The van der Waals surface area contributed by atoms with Crippen LogP contribution in [-0.2, 0) is 0 Å². The van der Waals surface area contributed by atoms with Crippen molar-refractivity contribution in [2.75, 3.05) is 26.2 Å². The van der Waals surface area contributed by atoms with E-state index >= 15 is 0 Å². The minimum Gasteiger partial charge on any atom is -1.00 e. The summed E-state index contributed by atoms with van der Waals surface area (Å²) in [7, 11) is 0. The highest BCUT2D eigenvalue weighted by Gasteiger charge is 2.28. The van der Waals surface area contributed by atoms with Gasteiger partial charge in [-0.05, 0) is 43.9 Å². The molecule has 0 aromatic rings. The van der Waals surface area contributed by atoms with E-state index in [0.717, 1.165) is 11.8 Å². The van der Waals surface area contributed by atoms with Crippen LogP contribution in [0.4, 0.5) is 0 Å². The molecule has 1 rings (SSSR count). The molecule has 0 N–H and O–H groups in total. The summed E-state index contributed by atoms with van der Waals surface area (Å²) in [6, 6.07) is 0. The third kappa shape index (κ3) is 8.21. The summed E-state index contributed by atoms with van der Waals surface area (Å²) in [6.45, 7) is 15.3. The van der Waals surface area contributed by atoms with Crippen molar-refractivity contribution in [2.45, 2.75) is 79.1 Å². The number of piperidine rings is 1. The van der Waals surface area contributed by atoms with E-state index in [0.29, 0.717) is 0 Å². The van der Waals surface area contributed by atoms with Gasteiger partial charge in [-0.1, -0.05) is 47.0 Å². The van der Waals surface area contributed by atoms with Gasteiger partial charge in [0.05, 0.1) is 26.2 Å². The molecule has 0 aromatic carbocycles. The van der Waals surface area contributed by atoms with Gasteiger partial charge in [-0.15, -0.1) is 0 Å². The Morgan fingerprint density at radius 1 is 0.850 bits per heavy atom. The van der Waals surface area contributed by atoms with E-state index in [1.807, 2.05) is 0 Å². The van der Waals surface area contributed by atoms with Crippen molar-refractivity contribution < 1.29 is 28.5 Å². The highest BCUT2D eigenvalue weighted by atomic mass is 127. The van der Waals surface area contributed by atoms with Crippen molar-refractivity contribution in [3.63, 3.8) is 0 Å². The molecule has 0 aromatic heterocycles. The van der Waals surface area contributed by atoms with E-state index < -0.39 is 0 Å². The molecule has 0 amide bonds. The quantitative estimate of drug-likeness (QED) is 0.415. The lowest BCUT2D eigenvalue weighted by Crippen LogP contribution is -3.00. The Morgan fingerprint density at radius 3 is 2.05 bits per heavy atom. The average molecular weight is 395 g/mol. The molecular weight excluding hydrogens is 357 g/mol. The minimum atomic E-state index is 0. The first-order valence-electron chi connectivity index (χ1n) is 8.93. The largest absolute Gasteiger partial charge is 1.00 e. The highest BCUT2D eigenvalue weighted by molar-refractivity contribution is 4.59. The third-order valence-electron chi connectivity index (χ3n) is 5.04. The maximum absolute atomic E-state index is 2.48. The van der Waals surface area contributed by atoms with E-state index in [1.54, 1.807) is 0 Å². The Balaban J connectivity index is 0.00000361. The zero-order chi connectivity index (χ0) is 14.1. The molecule has 1 unspecified atom stereocenters. The molecule has 1 aliphatic heterocycles. The van der Waals surface area contributed by atoms with Gasteiger partial charge in [-0.25, -0.2) is 0 Å². The fourth-order valence-corrected chi connectivity index (χ4v) is 3.73. The molecule has 2 heteroatoms. The van der Waals surface area contributed by atoms with Crippen LogP contribution in [0.25, 0.3) is 0 Å². The molecule has 1 atom stereocenters. The number of rotatable bonds is 9. The van der Waals surface area contributed by atoms with Crippen LogP contribution in [0.15, 0.2) is 0 Å². The lowest BCUT2D eigenvalue weighted by atomic mass is 9.96. The minimum absolute atomic E-state index is 0. The summed E-state index contributed by atoms with van der Waals surface area (Å²) < 4.78 is 1.45. The smallest absolute Gasteiger partial charge is 0.0789 e. The molecule has 122 valence electrons. The van der Waals surface area contributed by atoms with Gasteiger partial charge in [0.15, 0.2) is 0 Å². The van der Waals surface area contributed by atoms with Crippen molar-refractivity contribution in [1.29, 1.82) is 0 Å². The lowest BCUT2D eigenvalue weighted by Gasteiger charge is -2.42. The molecule has 0 aliphatic carbocycles. The van der Waals surface area contributed by atoms with Crippen LogP contribution < -0.4 is 24.0 Å². The molecule has 0 saturated carbocycles. The van der Waals surface area contributed by atoms with E-state index in [4.69, 9.17) is 0 Å². The topological polar surface area (TPSA) is 0 Å². The second-order valence-corrected chi connectivity index (χ2v) is 7.52. The first kappa shape index (κ1) is 20.7. The maximum Gasteiger partial charge on any atom is 0.0789 e. The van der Waals surface area contributed by atoms with Crippen LogP contribution in [-0.4, -0.2) is 30.7 Å². The van der Waals surface area contributed by atoms with Crippen molar-refractivity contribution >= 4 is 0 Å². The van der Waals surface area contributed by atoms with Crippen LogP contribution >= 0.6 is 0 Å². The molecule has 0 spiro atoms. The first-order chi connectivity index (χ1) is 9.08. The zero-order valence-corrected chi connectivity index (χ0v) is 16.6. The Bertz CT molecular complexity index is 216. The zero-order valence-electron chi connectivity index (χ0n) is 14.5. The van der Waals surface area contributed by atoms with Gasteiger partial charge in [0.25, 0.3) is 0 Å². The summed E-state index contributed by atoms with van der Waals surface area (Å²) >= 11 is 0. The van der Waals surface area contributed by atoms with Crippen LogP contribution in [0.1, 0.15) is 79.1 Å². The van der Waals surface area contributed by atoms with Gasteiger partial charge in [-0.2, -0.15) is 0 Å². The Hall–Kier alpha value is 0.690. The van der Waals surface area contributed by atoms with Crippen molar-refractivity contribution in [1.82, 2.24) is 0 Å². The SMILES string of the molecule is CCC[N+]1(CCC(C)CCCC(C)C)CCCCC1.[I-]. The summed E-state index contributed by atoms with van der Waals surface area (Å²) in [6.07, 6.45) is 11.5. The van der Waals surface area contributed by atoms with E-state index in [2.05, 4.69) is 27.7 Å². The first-order valence-corrected chi connectivity index (χ1v) is 8.93. The lowest BCUT2D eigenvalue weighted by molar-refractivity contribution is -0.933. The molecule has 1 heterocycles. The second kappa shape index (κ2) is 11.3. The van der Waals surface area contributed by atoms with Gasteiger partial charge in [-0.3, -0.25) is 0 Å². The standard InChI is InChI=1S/C18H38N.HI/c1-5-13-19(14-7-6-8-15-19)16-12-18(4)11-9-10-17(2)3;/h17-18H,5-16H2,1-4H3;1H/q+1;/p-1. The number of nitrogens with zero attached hydrogens (tertiary/aromatic N) is 1. The number of likely N-dealkylation sites (tertiary alicyclic amines) is 1. The Morgan fingerprint density at radius 2 is 1.50 bits per heavy atom. The monoisotopic (exact) mass is 395 g/mol. The normalized spacial score (nSPS) is 19.6. The Labute approximate surface area is 145 Å². The molecule has 0 bridgehead atoms. The molecule has 0 radical (unpaired) electrons. The average Bonchev–Trinajstić information content (AvgIpc) is 2.38. The molecule has 1 saturated heterocycles. The molecule has 1 fully saturated rings. The van der Waals surface area contributed by atoms with Crippen LogP contribution in [0.5, 0.6) is 0 Å². The van der Waals surface area contributed by atoms with Gasteiger partial charge >= 0.3 is 0 Å². The van der Waals surface area contributed by atoms with Crippen molar-refractivity contribution in [2.24, 2.45) is 11.8 Å². The predicted octanol–water partition coefficient (Wildman–Crippen LogP) is 2.25. The predicted molar refractivity (Wildman–Crippen MR) is 86.3 cm³/mol. The van der Waals surface area contributed by atoms with E-state index in [1.165, 1.54) is 82.0 Å². The summed E-state index contributed by atoms with van der Waals surface area (Å²) in [5.74, 6) is 1.82. The number of quaternary nitrogens is 1. The maximum atomic E-state index is 2.48. The van der Waals surface area contributed by atoms with E-state index in [9.17, 15) is 0 Å². The van der Waals surface area contributed by atoms with E-state index in [-0.39, 0.29) is 24.0 Å². The third-order valence-corrected chi connectivity index (χ3v) is 5.04. The molecule has 1 aliphatic rings. The van der Waals surface area contributed by atoms with Crippen LogP contribution in [0.3, 0.4) is 0 Å². The fraction of sp³-hybridized carbons (Fsp3) is 1.00. The van der Waals surface area contributed by atoms with Crippen molar-refractivity contribution in [3.05, 3.63) is 0 Å². The summed E-state index contributed by atoms with van der Waals surface area (Å²) in [4.78, 5) is 0. The fourth-order valence-electron chi connectivity index (χ4n) is 3.73. The van der Waals surface area contributed by atoms with Gasteiger partial charge < -0.3 is 28.5 Å². The van der Waals surface area contributed by atoms with Gasteiger partial charge in [0.1, 0.15) is 0 Å². The van der Waals surface area contributed by atoms with Crippen LogP contribution in [0, 0.1) is 11.8 Å². The van der Waals surface area contributed by atoms with Crippen molar-refractivity contribution in [3.8, 4) is 0 Å². The second-order valence-electron chi connectivity index (χ2n) is 7.52. The molecule has 20 heavy (non-hydrogen) atoms. The number of halogens is 1. The summed E-state index contributed by atoms with van der Waals surface area (Å²) in [5, 5.41) is 0. The number of hydrogen-bond donors (Lipinski definition) is 0.